The van der Waals surface area contributed by atoms with Crippen LogP contribution in [0.5, 0.6) is 5.75 Å². The normalized spacial score (nSPS) is 11.1. The Hall–Kier alpha value is -2.95. The lowest BCUT2D eigenvalue weighted by atomic mass is 9.99. The molecule has 4 nitrogen and oxygen atoms in total. The highest BCUT2D eigenvalue weighted by atomic mass is 35.5. The molecule has 170 valence electrons. The molecular weight excluding hydrogens is 455 g/mol. The first kappa shape index (κ1) is 23.2. The van der Waals surface area contributed by atoms with Gasteiger partial charge in [-0.25, -0.2) is 4.79 Å². The van der Waals surface area contributed by atoms with Gasteiger partial charge in [0.1, 0.15) is 5.75 Å². The second-order valence-corrected chi connectivity index (χ2v) is 8.74. The Morgan fingerprint density at radius 1 is 0.939 bits per heavy atom. The van der Waals surface area contributed by atoms with Crippen LogP contribution < -0.4 is 4.74 Å². The van der Waals surface area contributed by atoms with E-state index in [9.17, 15) is 4.79 Å². The average Bonchev–Trinajstić information content (AvgIpc) is 3.20. The molecule has 4 aromatic rings. The van der Waals surface area contributed by atoms with Crippen LogP contribution in [0.15, 0.2) is 66.9 Å². The molecule has 0 N–H and O–H groups in total. The van der Waals surface area contributed by atoms with Gasteiger partial charge in [-0.1, -0.05) is 59.1 Å². The molecule has 3 aromatic carbocycles. The Morgan fingerprint density at radius 2 is 1.61 bits per heavy atom. The molecule has 0 saturated heterocycles. The Morgan fingerprint density at radius 3 is 2.24 bits per heavy atom. The standard InChI is InChI=1S/C27H26Cl2N2O2/c1-4-30(5-2)27(32)33-25-14-13-24-20(26(25)19-11-9-18(3)10-12-19)15-16-31(24)17-21-22(28)7-6-8-23(21)29/h6-16H,4-5,17H2,1-3H3. The summed E-state index contributed by atoms with van der Waals surface area (Å²) < 4.78 is 7.99. The van der Waals surface area contributed by atoms with Crippen LogP contribution in [0.4, 0.5) is 4.79 Å². The molecule has 0 aliphatic rings. The molecule has 0 saturated carbocycles. The molecule has 6 heteroatoms. The van der Waals surface area contributed by atoms with Gasteiger partial charge in [-0.05, 0) is 56.7 Å². The zero-order valence-corrected chi connectivity index (χ0v) is 20.5. The molecule has 33 heavy (non-hydrogen) atoms. The summed E-state index contributed by atoms with van der Waals surface area (Å²) in [6, 6.07) is 19.6. The van der Waals surface area contributed by atoms with Crippen molar-refractivity contribution in [2.75, 3.05) is 13.1 Å². The van der Waals surface area contributed by atoms with Gasteiger partial charge in [0.05, 0.1) is 6.54 Å². The number of nitrogens with zero attached hydrogens (tertiary/aromatic N) is 2. The maximum atomic E-state index is 12.7. The molecule has 0 spiro atoms. The van der Waals surface area contributed by atoms with E-state index in [2.05, 4.69) is 35.8 Å². The number of hydrogen-bond acceptors (Lipinski definition) is 2. The lowest BCUT2D eigenvalue weighted by molar-refractivity contribution is 0.157. The molecule has 1 amide bonds. The van der Waals surface area contributed by atoms with E-state index < -0.39 is 0 Å². The van der Waals surface area contributed by atoms with Crippen LogP contribution in [0.2, 0.25) is 10.0 Å². The van der Waals surface area contributed by atoms with Crippen LogP contribution in [0.25, 0.3) is 22.0 Å². The minimum atomic E-state index is -0.352. The minimum Gasteiger partial charge on any atom is -0.410 e. The Kier molecular flexibility index (Phi) is 6.96. The summed E-state index contributed by atoms with van der Waals surface area (Å²) in [5, 5.41) is 2.26. The summed E-state index contributed by atoms with van der Waals surface area (Å²) in [4.78, 5) is 14.4. The molecule has 0 bridgehead atoms. The number of fused-ring (bicyclic) bond motifs is 1. The van der Waals surface area contributed by atoms with Crippen LogP contribution in [0, 0.1) is 6.92 Å². The fourth-order valence-electron chi connectivity index (χ4n) is 3.99. The molecule has 1 aromatic heterocycles. The van der Waals surface area contributed by atoms with Crippen molar-refractivity contribution in [2.24, 2.45) is 0 Å². The topological polar surface area (TPSA) is 34.5 Å². The lowest BCUT2D eigenvalue weighted by Gasteiger charge is -2.20. The second-order valence-electron chi connectivity index (χ2n) is 7.92. The minimum absolute atomic E-state index is 0.352. The first-order valence-electron chi connectivity index (χ1n) is 11.0. The first-order chi connectivity index (χ1) is 15.9. The molecule has 4 rings (SSSR count). The monoisotopic (exact) mass is 480 g/mol. The van der Waals surface area contributed by atoms with E-state index in [4.69, 9.17) is 27.9 Å². The van der Waals surface area contributed by atoms with E-state index in [1.807, 2.05) is 56.4 Å². The fourth-order valence-corrected chi connectivity index (χ4v) is 4.50. The Bertz CT molecular complexity index is 1270. The van der Waals surface area contributed by atoms with E-state index in [0.717, 1.165) is 27.6 Å². The molecule has 1 heterocycles. The largest absolute Gasteiger partial charge is 0.415 e. The predicted molar refractivity (Wildman–Crippen MR) is 137 cm³/mol. The van der Waals surface area contributed by atoms with Crippen molar-refractivity contribution in [2.45, 2.75) is 27.3 Å². The van der Waals surface area contributed by atoms with Gasteiger partial charge in [0, 0.05) is 51.4 Å². The first-order valence-corrected chi connectivity index (χ1v) is 11.8. The van der Waals surface area contributed by atoms with E-state index in [1.165, 1.54) is 5.56 Å². The summed E-state index contributed by atoms with van der Waals surface area (Å²) in [6.07, 6.45) is 1.66. The van der Waals surface area contributed by atoms with Gasteiger partial charge in [0.2, 0.25) is 0 Å². The fraction of sp³-hybridized carbons (Fsp3) is 0.222. The van der Waals surface area contributed by atoms with Crippen molar-refractivity contribution in [3.8, 4) is 16.9 Å². The second kappa shape index (κ2) is 9.90. The van der Waals surface area contributed by atoms with E-state index in [1.54, 1.807) is 4.90 Å². The number of carbonyl (C=O) groups is 1. The number of carbonyl (C=O) groups excluding carboxylic acids is 1. The number of rotatable bonds is 6. The van der Waals surface area contributed by atoms with Gasteiger partial charge in [-0.3, -0.25) is 0 Å². The maximum Gasteiger partial charge on any atom is 0.415 e. The van der Waals surface area contributed by atoms with Crippen LogP contribution in [0.3, 0.4) is 0 Å². The summed E-state index contributed by atoms with van der Waals surface area (Å²) in [7, 11) is 0. The smallest absolute Gasteiger partial charge is 0.410 e. The van der Waals surface area contributed by atoms with Gasteiger partial charge in [0.25, 0.3) is 0 Å². The number of aryl methyl sites for hydroxylation is 1. The zero-order chi connectivity index (χ0) is 23.5. The van der Waals surface area contributed by atoms with Gasteiger partial charge in [-0.15, -0.1) is 0 Å². The van der Waals surface area contributed by atoms with Gasteiger partial charge >= 0.3 is 6.09 Å². The number of hydrogen-bond donors (Lipinski definition) is 0. The van der Waals surface area contributed by atoms with Crippen LogP contribution in [0.1, 0.15) is 25.0 Å². The van der Waals surface area contributed by atoms with Crippen molar-refractivity contribution in [1.82, 2.24) is 9.47 Å². The Balaban J connectivity index is 1.83. The molecular formula is C27H26Cl2N2O2. The number of ether oxygens (including phenoxy) is 1. The predicted octanol–water partition coefficient (Wildman–Crippen LogP) is 7.81. The van der Waals surface area contributed by atoms with Crippen molar-refractivity contribution < 1.29 is 9.53 Å². The summed E-state index contributed by atoms with van der Waals surface area (Å²) in [6.45, 7) is 7.64. The third kappa shape index (κ3) is 4.73. The van der Waals surface area contributed by atoms with Crippen LogP contribution in [-0.4, -0.2) is 28.6 Å². The highest BCUT2D eigenvalue weighted by Gasteiger charge is 2.19. The highest BCUT2D eigenvalue weighted by molar-refractivity contribution is 6.36. The zero-order valence-electron chi connectivity index (χ0n) is 18.9. The van der Waals surface area contributed by atoms with Crippen molar-refractivity contribution >= 4 is 40.2 Å². The van der Waals surface area contributed by atoms with Gasteiger partial charge in [0.15, 0.2) is 0 Å². The van der Waals surface area contributed by atoms with Crippen LogP contribution >= 0.6 is 23.2 Å². The SMILES string of the molecule is CCN(CC)C(=O)Oc1ccc2c(ccn2Cc2c(Cl)cccc2Cl)c1-c1ccc(C)cc1. The summed E-state index contributed by atoms with van der Waals surface area (Å²) in [5.74, 6) is 0.539. The molecule has 0 aliphatic carbocycles. The maximum absolute atomic E-state index is 12.7. The molecule has 0 fully saturated rings. The third-order valence-electron chi connectivity index (χ3n) is 5.86. The van der Waals surface area contributed by atoms with Gasteiger partial charge < -0.3 is 14.2 Å². The van der Waals surface area contributed by atoms with Gasteiger partial charge in [-0.2, -0.15) is 0 Å². The molecule has 0 aliphatic heterocycles. The van der Waals surface area contributed by atoms with E-state index in [0.29, 0.717) is 35.4 Å². The third-order valence-corrected chi connectivity index (χ3v) is 6.57. The highest BCUT2D eigenvalue weighted by Crippen LogP contribution is 2.39. The van der Waals surface area contributed by atoms with Crippen molar-refractivity contribution in [3.63, 3.8) is 0 Å². The molecule has 0 radical (unpaired) electrons. The van der Waals surface area contributed by atoms with E-state index >= 15 is 0 Å². The molecule has 0 atom stereocenters. The summed E-state index contributed by atoms with van der Waals surface area (Å²) >= 11 is 12.8. The van der Waals surface area contributed by atoms with Crippen molar-refractivity contribution in [3.05, 3.63) is 88.0 Å². The molecule has 0 unspecified atom stereocenters. The number of amides is 1. The number of halogens is 2. The van der Waals surface area contributed by atoms with E-state index in [-0.39, 0.29) is 6.09 Å². The quantitative estimate of drug-likeness (QED) is 0.282. The lowest BCUT2D eigenvalue weighted by Crippen LogP contribution is -2.33. The average molecular weight is 481 g/mol. The summed E-state index contributed by atoms with van der Waals surface area (Å²) in [5.41, 5.74) is 4.91. The van der Waals surface area contributed by atoms with Crippen LogP contribution in [-0.2, 0) is 6.54 Å². The van der Waals surface area contributed by atoms with Crippen molar-refractivity contribution in [1.29, 1.82) is 0 Å². The number of benzene rings is 3. The Labute approximate surface area is 204 Å². The number of aromatic nitrogens is 1.